The molecule has 0 bridgehead atoms. The third-order valence-electron chi connectivity index (χ3n) is 6.96. The summed E-state index contributed by atoms with van der Waals surface area (Å²) >= 11 is 6.16. The second-order valence-electron chi connectivity index (χ2n) is 11.4. The number of benzene rings is 1. The number of nitrogens with zero attached hydrogens (tertiary/aromatic N) is 5. The number of urea groups is 1. The Bertz CT molecular complexity index is 1520. The van der Waals surface area contributed by atoms with Crippen molar-refractivity contribution in [3.63, 3.8) is 0 Å². The highest BCUT2D eigenvalue weighted by atomic mass is 35.5. The van der Waals surface area contributed by atoms with Gasteiger partial charge in [0, 0.05) is 31.5 Å². The Morgan fingerprint density at radius 2 is 1.93 bits per heavy atom. The Morgan fingerprint density at radius 1 is 1.19 bits per heavy atom. The molecule has 3 heterocycles. The van der Waals surface area contributed by atoms with Gasteiger partial charge >= 0.3 is 12.1 Å². The number of pyridine rings is 1. The second kappa shape index (κ2) is 12.8. The van der Waals surface area contributed by atoms with Gasteiger partial charge in [0.15, 0.2) is 0 Å². The van der Waals surface area contributed by atoms with Crippen molar-refractivity contribution in [1.82, 2.24) is 25.0 Å². The monoisotopic (exact) mass is 609 g/mol. The third-order valence-corrected chi connectivity index (χ3v) is 7.20. The van der Waals surface area contributed by atoms with E-state index in [1.165, 1.54) is 17.3 Å². The van der Waals surface area contributed by atoms with Gasteiger partial charge in [0.25, 0.3) is 5.91 Å². The summed E-state index contributed by atoms with van der Waals surface area (Å²) < 4.78 is 6.85. The maximum Gasteiger partial charge on any atom is 0.413 e. The quantitative estimate of drug-likeness (QED) is 0.353. The van der Waals surface area contributed by atoms with Gasteiger partial charge in [-0.1, -0.05) is 30.7 Å². The van der Waals surface area contributed by atoms with Crippen molar-refractivity contribution < 1.29 is 23.9 Å². The molecule has 228 valence electrons. The van der Waals surface area contributed by atoms with Crippen LogP contribution in [0.25, 0.3) is 0 Å². The standard InChI is InChI=1S/C30H36ClN7O5/c1-7-23(19-9-8-10-20(31)15-19)34-28(41)38-25(27(40)37(6)21-16-33-36(5)17-21)22(26(38)39)13-18-11-12-32-24(14-18)35-29(42)43-30(2,3)4/h8-12,14-17,22-23,25H,7,13H2,1-6H3,(H,34,41)(H,32,35,42)/t22-,23?,25+/m1/s1. The molecule has 0 radical (unpaired) electrons. The minimum Gasteiger partial charge on any atom is -0.444 e. The molecule has 1 saturated heterocycles. The normalized spacial score (nSPS) is 17.1. The van der Waals surface area contributed by atoms with E-state index in [1.54, 1.807) is 76.1 Å². The molecule has 5 amide bonds. The third kappa shape index (κ3) is 7.50. The van der Waals surface area contributed by atoms with Crippen LogP contribution in [-0.4, -0.2) is 62.3 Å². The van der Waals surface area contributed by atoms with Gasteiger partial charge in [-0.05, 0) is 69.0 Å². The van der Waals surface area contributed by atoms with E-state index >= 15 is 0 Å². The Kier molecular flexibility index (Phi) is 9.39. The van der Waals surface area contributed by atoms with E-state index in [0.29, 0.717) is 22.7 Å². The Labute approximate surface area is 255 Å². The Morgan fingerprint density at radius 3 is 2.56 bits per heavy atom. The minimum absolute atomic E-state index is 0.136. The number of carbonyl (C=O) groups is 4. The summed E-state index contributed by atoms with van der Waals surface area (Å²) in [6.07, 6.45) is 4.69. The molecule has 13 heteroatoms. The van der Waals surface area contributed by atoms with E-state index in [0.717, 1.165) is 10.5 Å². The van der Waals surface area contributed by atoms with E-state index < -0.39 is 47.5 Å². The summed E-state index contributed by atoms with van der Waals surface area (Å²) in [5.41, 5.74) is 1.25. The number of anilines is 2. The zero-order valence-electron chi connectivity index (χ0n) is 25.0. The molecule has 2 N–H and O–H groups in total. The molecule has 1 aliphatic rings. The maximum absolute atomic E-state index is 13.8. The number of ether oxygens (including phenoxy) is 1. The van der Waals surface area contributed by atoms with Gasteiger partial charge in [-0.15, -0.1) is 0 Å². The average molecular weight is 610 g/mol. The lowest BCUT2D eigenvalue weighted by molar-refractivity contribution is -0.156. The van der Waals surface area contributed by atoms with Gasteiger partial charge in [0.05, 0.1) is 23.8 Å². The minimum atomic E-state index is -1.08. The summed E-state index contributed by atoms with van der Waals surface area (Å²) in [7, 11) is 3.30. The number of carbonyl (C=O) groups excluding carboxylic acids is 4. The van der Waals surface area contributed by atoms with Crippen molar-refractivity contribution in [2.45, 2.75) is 58.2 Å². The van der Waals surface area contributed by atoms with Crippen LogP contribution in [-0.2, 0) is 27.8 Å². The molecule has 0 saturated carbocycles. The SMILES string of the molecule is CCC(NC(=O)N1C(=O)[C@H](Cc2ccnc(NC(=O)OC(C)(C)C)c2)[C@H]1C(=O)N(C)c1cnn(C)c1)c1cccc(Cl)c1. The second-order valence-corrected chi connectivity index (χ2v) is 11.8. The molecular formula is C30H36ClN7O5. The average Bonchev–Trinajstić information content (AvgIpc) is 3.37. The van der Waals surface area contributed by atoms with Gasteiger partial charge < -0.3 is 15.0 Å². The van der Waals surface area contributed by atoms with Crippen LogP contribution in [0, 0.1) is 5.92 Å². The van der Waals surface area contributed by atoms with Crippen LogP contribution in [0.15, 0.2) is 55.0 Å². The van der Waals surface area contributed by atoms with Crippen LogP contribution in [0.4, 0.5) is 21.1 Å². The molecule has 1 unspecified atom stereocenters. The van der Waals surface area contributed by atoms with Crippen molar-refractivity contribution in [1.29, 1.82) is 0 Å². The van der Waals surface area contributed by atoms with Crippen LogP contribution in [0.2, 0.25) is 5.02 Å². The van der Waals surface area contributed by atoms with Crippen molar-refractivity contribution in [3.05, 3.63) is 71.1 Å². The van der Waals surface area contributed by atoms with Crippen LogP contribution in [0.5, 0.6) is 0 Å². The van der Waals surface area contributed by atoms with Gasteiger partial charge in [-0.25, -0.2) is 14.6 Å². The van der Waals surface area contributed by atoms with E-state index in [4.69, 9.17) is 16.3 Å². The molecule has 1 aliphatic heterocycles. The fourth-order valence-corrected chi connectivity index (χ4v) is 5.06. The number of hydrogen-bond donors (Lipinski definition) is 2. The number of nitrogens with one attached hydrogen (secondary N) is 2. The molecule has 43 heavy (non-hydrogen) atoms. The smallest absolute Gasteiger partial charge is 0.413 e. The fourth-order valence-electron chi connectivity index (χ4n) is 4.86. The molecule has 3 atom stereocenters. The first-order valence-corrected chi connectivity index (χ1v) is 14.3. The van der Waals surface area contributed by atoms with E-state index in [2.05, 4.69) is 20.7 Å². The molecular weight excluding hydrogens is 574 g/mol. The molecule has 1 fully saturated rings. The first-order valence-electron chi connectivity index (χ1n) is 13.9. The van der Waals surface area contributed by atoms with Gasteiger partial charge in [-0.3, -0.25) is 24.5 Å². The van der Waals surface area contributed by atoms with Gasteiger partial charge in [-0.2, -0.15) is 5.10 Å². The predicted octanol–water partition coefficient (Wildman–Crippen LogP) is 4.71. The molecule has 3 aromatic rings. The summed E-state index contributed by atoms with van der Waals surface area (Å²) in [5, 5.41) is 10.1. The van der Waals surface area contributed by atoms with Crippen LogP contribution < -0.4 is 15.5 Å². The van der Waals surface area contributed by atoms with Gasteiger partial charge in [0.1, 0.15) is 17.5 Å². The van der Waals surface area contributed by atoms with Crippen molar-refractivity contribution in [3.8, 4) is 0 Å². The first kappa shape index (κ1) is 31.5. The molecule has 12 nitrogen and oxygen atoms in total. The van der Waals surface area contributed by atoms with E-state index in [-0.39, 0.29) is 12.2 Å². The number of aryl methyl sites for hydroxylation is 1. The number of hydrogen-bond acceptors (Lipinski definition) is 7. The lowest BCUT2D eigenvalue weighted by Gasteiger charge is -2.46. The first-order chi connectivity index (χ1) is 20.3. The summed E-state index contributed by atoms with van der Waals surface area (Å²) in [4.78, 5) is 59.6. The summed E-state index contributed by atoms with van der Waals surface area (Å²) in [6.45, 7) is 7.14. The number of halogens is 1. The Hall–Kier alpha value is -4.45. The number of imide groups is 1. The number of β-lactam (4-membered cyclic amide) rings is 1. The fraction of sp³-hybridized carbons (Fsp3) is 0.400. The number of amides is 5. The van der Waals surface area contributed by atoms with Crippen LogP contribution >= 0.6 is 11.6 Å². The maximum atomic E-state index is 13.8. The van der Waals surface area contributed by atoms with E-state index in [1.807, 2.05) is 13.0 Å². The zero-order chi connectivity index (χ0) is 31.5. The highest BCUT2D eigenvalue weighted by Crippen LogP contribution is 2.34. The van der Waals surface area contributed by atoms with Gasteiger partial charge in [0.2, 0.25) is 5.91 Å². The van der Waals surface area contributed by atoms with Crippen LogP contribution in [0.3, 0.4) is 0 Å². The number of likely N-dealkylation sites (N-methyl/N-ethyl adjacent to an activating group) is 1. The zero-order valence-corrected chi connectivity index (χ0v) is 25.8. The number of likely N-dealkylation sites (tertiary alicyclic amines) is 1. The van der Waals surface area contributed by atoms with Crippen LogP contribution in [0.1, 0.15) is 51.3 Å². The predicted molar refractivity (Wildman–Crippen MR) is 162 cm³/mol. The molecule has 2 aromatic heterocycles. The molecule has 0 spiro atoms. The highest BCUT2D eigenvalue weighted by Gasteiger charge is 2.55. The largest absolute Gasteiger partial charge is 0.444 e. The van der Waals surface area contributed by atoms with E-state index in [9.17, 15) is 19.2 Å². The molecule has 0 aliphatic carbocycles. The van der Waals surface area contributed by atoms with Crippen molar-refractivity contribution in [2.24, 2.45) is 13.0 Å². The highest BCUT2D eigenvalue weighted by molar-refractivity contribution is 6.30. The number of aromatic nitrogens is 3. The van der Waals surface area contributed by atoms with Crippen molar-refractivity contribution >= 4 is 47.0 Å². The number of rotatable bonds is 8. The summed E-state index contributed by atoms with van der Waals surface area (Å²) in [6, 6.07) is 8.23. The van der Waals surface area contributed by atoms with Crippen molar-refractivity contribution in [2.75, 3.05) is 17.3 Å². The molecule has 4 rings (SSSR count). The molecule has 1 aromatic carbocycles. The lowest BCUT2D eigenvalue weighted by atomic mass is 9.81. The lowest BCUT2D eigenvalue weighted by Crippen LogP contribution is -2.70. The summed E-state index contributed by atoms with van der Waals surface area (Å²) in [5.74, 6) is -1.53. The Balaban J connectivity index is 1.57. The topological polar surface area (TPSA) is 139 Å².